The van der Waals surface area contributed by atoms with E-state index < -0.39 is 0 Å². The van der Waals surface area contributed by atoms with E-state index in [4.69, 9.17) is 0 Å². The summed E-state index contributed by atoms with van der Waals surface area (Å²) in [5, 5.41) is 10.8. The van der Waals surface area contributed by atoms with Gasteiger partial charge in [0.15, 0.2) is 6.20 Å². The topological polar surface area (TPSA) is 37.0 Å². The Morgan fingerprint density at radius 1 is 1.05 bits per heavy atom. The van der Waals surface area contributed by atoms with Crippen LogP contribution in [-0.2, 0) is 7.05 Å². The van der Waals surface area contributed by atoms with Crippen molar-refractivity contribution in [3.8, 4) is 5.75 Å². The molecule has 0 fully saturated rings. The molecule has 3 nitrogen and oxygen atoms in total. The maximum Gasteiger partial charge on any atom is 0.204 e. The van der Waals surface area contributed by atoms with E-state index in [1.54, 1.807) is 12.3 Å². The molecular formula is C17H15N2O+. The fraction of sp³-hybridized carbons (Fsp3) is 0.0588. The summed E-state index contributed by atoms with van der Waals surface area (Å²) in [6.07, 6.45) is 7.79. The summed E-state index contributed by atoms with van der Waals surface area (Å²) in [5.41, 5.74) is 2.78. The van der Waals surface area contributed by atoms with Crippen LogP contribution in [0.15, 0.2) is 54.9 Å². The van der Waals surface area contributed by atoms with Crippen molar-refractivity contribution in [3.05, 3.63) is 66.1 Å². The van der Waals surface area contributed by atoms with E-state index in [2.05, 4.69) is 21.7 Å². The van der Waals surface area contributed by atoms with Crippen molar-refractivity contribution < 1.29 is 9.67 Å². The number of hydrogen-bond acceptors (Lipinski definition) is 2. The van der Waals surface area contributed by atoms with Gasteiger partial charge in [0.1, 0.15) is 18.3 Å². The fourth-order valence-electron chi connectivity index (χ4n) is 2.21. The van der Waals surface area contributed by atoms with Gasteiger partial charge in [-0.2, -0.15) is 0 Å². The molecule has 3 heteroatoms. The minimum Gasteiger partial charge on any atom is -0.506 e. The van der Waals surface area contributed by atoms with Crippen molar-refractivity contribution in [2.24, 2.45) is 7.05 Å². The van der Waals surface area contributed by atoms with Gasteiger partial charge in [-0.1, -0.05) is 12.1 Å². The first-order chi connectivity index (χ1) is 9.75. The molecule has 0 radical (unpaired) electrons. The maximum absolute atomic E-state index is 9.83. The Balaban J connectivity index is 2.08. The standard InChI is InChI=1S/C17H14N2O/c1-19-12-3-2-5-14(19)9-7-13-8-10-16(20)17-15(13)6-4-11-18-17/h2-12H,1H3/p+1. The lowest BCUT2D eigenvalue weighted by molar-refractivity contribution is -0.673. The van der Waals surface area contributed by atoms with Gasteiger partial charge in [-0.3, -0.25) is 4.98 Å². The van der Waals surface area contributed by atoms with Crippen LogP contribution in [-0.4, -0.2) is 10.1 Å². The highest BCUT2D eigenvalue weighted by atomic mass is 16.3. The predicted octanol–water partition coefficient (Wildman–Crippen LogP) is 2.94. The number of phenols is 1. The van der Waals surface area contributed by atoms with E-state index in [0.29, 0.717) is 5.52 Å². The summed E-state index contributed by atoms with van der Waals surface area (Å²) in [6, 6.07) is 13.5. The maximum atomic E-state index is 9.83. The number of pyridine rings is 2. The number of aromatic hydroxyl groups is 1. The third kappa shape index (κ3) is 2.26. The van der Waals surface area contributed by atoms with Gasteiger partial charge in [0.2, 0.25) is 5.69 Å². The minimum atomic E-state index is 0.211. The highest BCUT2D eigenvalue weighted by Gasteiger charge is 2.05. The molecule has 2 aromatic heterocycles. The number of hydrogen-bond donors (Lipinski definition) is 1. The summed E-state index contributed by atoms with van der Waals surface area (Å²) in [4.78, 5) is 4.22. The van der Waals surface area contributed by atoms with Gasteiger partial charge in [-0.25, -0.2) is 4.57 Å². The van der Waals surface area contributed by atoms with E-state index in [1.807, 2.05) is 49.7 Å². The molecule has 0 atom stereocenters. The van der Waals surface area contributed by atoms with Gasteiger partial charge < -0.3 is 5.11 Å². The van der Waals surface area contributed by atoms with Crippen molar-refractivity contribution in [1.82, 2.24) is 4.98 Å². The van der Waals surface area contributed by atoms with Gasteiger partial charge >= 0.3 is 0 Å². The molecule has 0 spiro atoms. The summed E-state index contributed by atoms with van der Waals surface area (Å²) in [6.45, 7) is 0. The lowest BCUT2D eigenvalue weighted by Crippen LogP contribution is -2.30. The van der Waals surface area contributed by atoms with Crippen molar-refractivity contribution in [2.45, 2.75) is 0 Å². The molecule has 0 aliphatic rings. The number of benzene rings is 1. The van der Waals surface area contributed by atoms with E-state index in [-0.39, 0.29) is 5.75 Å². The van der Waals surface area contributed by atoms with E-state index >= 15 is 0 Å². The molecule has 3 rings (SSSR count). The number of aryl methyl sites for hydroxylation is 1. The Hall–Kier alpha value is -2.68. The number of aromatic nitrogens is 2. The molecule has 0 bridgehead atoms. The molecule has 1 aromatic carbocycles. The number of fused-ring (bicyclic) bond motifs is 1. The van der Waals surface area contributed by atoms with Gasteiger partial charge in [0.05, 0.1) is 0 Å². The summed E-state index contributed by atoms with van der Waals surface area (Å²) in [5.74, 6) is 0.211. The third-order valence-electron chi connectivity index (χ3n) is 3.31. The zero-order valence-electron chi connectivity index (χ0n) is 11.2. The molecule has 2 heterocycles. The Kier molecular flexibility index (Phi) is 3.17. The van der Waals surface area contributed by atoms with Crippen LogP contribution < -0.4 is 4.57 Å². The Morgan fingerprint density at radius 2 is 1.95 bits per heavy atom. The Labute approximate surface area is 117 Å². The van der Waals surface area contributed by atoms with Gasteiger partial charge in [0, 0.05) is 29.8 Å². The van der Waals surface area contributed by atoms with Crippen molar-refractivity contribution in [2.75, 3.05) is 0 Å². The SMILES string of the molecule is C[n+]1ccccc1/C=C\c1ccc(O)c2ncccc12. The molecule has 20 heavy (non-hydrogen) atoms. The van der Waals surface area contributed by atoms with E-state index in [1.165, 1.54) is 0 Å². The molecule has 0 aliphatic carbocycles. The Morgan fingerprint density at radius 3 is 2.80 bits per heavy atom. The molecule has 1 N–H and O–H groups in total. The molecule has 0 aliphatic heterocycles. The highest BCUT2D eigenvalue weighted by molar-refractivity contribution is 5.93. The molecule has 98 valence electrons. The summed E-state index contributed by atoms with van der Waals surface area (Å²) < 4.78 is 2.05. The number of rotatable bonds is 2. The molecule has 0 amide bonds. The zero-order chi connectivity index (χ0) is 13.9. The van der Waals surface area contributed by atoms with Crippen molar-refractivity contribution in [1.29, 1.82) is 0 Å². The minimum absolute atomic E-state index is 0.211. The first-order valence-corrected chi connectivity index (χ1v) is 6.45. The first kappa shape index (κ1) is 12.4. The van der Waals surface area contributed by atoms with Crippen molar-refractivity contribution in [3.63, 3.8) is 0 Å². The second kappa shape index (κ2) is 5.13. The first-order valence-electron chi connectivity index (χ1n) is 6.45. The molecule has 0 unspecified atom stereocenters. The van der Waals surface area contributed by atoms with Crippen LogP contribution in [0.3, 0.4) is 0 Å². The molecule has 0 saturated carbocycles. The fourth-order valence-corrected chi connectivity index (χ4v) is 2.21. The average Bonchev–Trinajstić information content (AvgIpc) is 2.48. The quantitative estimate of drug-likeness (QED) is 0.722. The van der Waals surface area contributed by atoms with Crippen LogP contribution in [0.25, 0.3) is 23.1 Å². The van der Waals surface area contributed by atoms with Crippen LogP contribution in [0.1, 0.15) is 11.3 Å². The highest BCUT2D eigenvalue weighted by Crippen LogP contribution is 2.26. The van der Waals surface area contributed by atoms with Crippen LogP contribution in [0.2, 0.25) is 0 Å². The van der Waals surface area contributed by atoms with Crippen molar-refractivity contribution >= 4 is 23.1 Å². The third-order valence-corrected chi connectivity index (χ3v) is 3.31. The Bertz CT molecular complexity index is 794. The monoisotopic (exact) mass is 263 g/mol. The predicted molar refractivity (Wildman–Crippen MR) is 80.0 cm³/mol. The van der Waals surface area contributed by atoms with Crippen LogP contribution in [0, 0.1) is 0 Å². The van der Waals surface area contributed by atoms with Gasteiger partial charge in [-0.05, 0) is 29.8 Å². The van der Waals surface area contributed by atoms with Crippen LogP contribution in [0.5, 0.6) is 5.75 Å². The molecular weight excluding hydrogens is 248 g/mol. The average molecular weight is 263 g/mol. The number of nitrogens with zero attached hydrogens (tertiary/aromatic N) is 2. The second-order valence-corrected chi connectivity index (χ2v) is 4.64. The second-order valence-electron chi connectivity index (χ2n) is 4.64. The molecule has 0 saturated heterocycles. The zero-order valence-corrected chi connectivity index (χ0v) is 11.2. The van der Waals surface area contributed by atoms with Crippen LogP contribution >= 0.6 is 0 Å². The normalized spacial score (nSPS) is 11.2. The lowest BCUT2D eigenvalue weighted by Gasteiger charge is -2.03. The molecule has 3 aromatic rings. The number of phenolic OH excluding ortho intramolecular Hbond substituents is 1. The smallest absolute Gasteiger partial charge is 0.204 e. The van der Waals surface area contributed by atoms with E-state index in [0.717, 1.165) is 16.6 Å². The summed E-state index contributed by atoms with van der Waals surface area (Å²) in [7, 11) is 2.01. The van der Waals surface area contributed by atoms with Gasteiger partial charge in [-0.15, -0.1) is 0 Å². The van der Waals surface area contributed by atoms with E-state index in [9.17, 15) is 5.11 Å². The van der Waals surface area contributed by atoms with Crippen LogP contribution in [0.4, 0.5) is 0 Å². The largest absolute Gasteiger partial charge is 0.506 e. The van der Waals surface area contributed by atoms with Gasteiger partial charge in [0.25, 0.3) is 0 Å². The summed E-state index contributed by atoms with van der Waals surface area (Å²) >= 11 is 0. The lowest BCUT2D eigenvalue weighted by atomic mass is 10.1.